The van der Waals surface area contributed by atoms with E-state index in [1.807, 2.05) is 19.1 Å². The maximum Gasteiger partial charge on any atom is 0.197 e. The lowest BCUT2D eigenvalue weighted by molar-refractivity contribution is 1.26. The lowest BCUT2D eigenvalue weighted by Gasteiger charge is -1.95. The van der Waals surface area contributed by atoms with Gasteiger partial charge in [-0.15, -0.1) is 11.3 Å². The van der Waals surface area contributed by atoms with E-state index in [1.54, 1.807) is 12.4 Å². The van der Waals surface area contributed by atoms with E-state index < -0.39 is 0 Å². The number of rotatable bonds is 2. The van der Waals surface area contributed by atoms with Gasteiger partial charge in [0.25, 0.3) is 0 Å². The molecule has 0 fully saturated rings. The number of nitrogens with two attached hydrogens (primary N) is 1. The van der Waals surface area contributed by atoms with Crippen molar-refractivity contribution in [2.75, 3.05) is 5.43 Å². The quantitative estimate of drug-likeness (QED) is 0.581. The summed E-state index contributed by atoms with van der Waals surface area (Å²) in [7, 11) is 0. The number of aryl methyl sites for hydroxylation is 1. The highest BCUT2D eigenvalue weighted by molar-refractivity contribution is 7.15. The zero-order valence-electron chi connectivity index (χ0n) is 7.69. The van der Waals surface area contributed by atoms with Crippen LogP contribution >= 0.6 is 11.3 Å². The number of nitrogen functional groups attached to an aromatic ring is 1. The standard InChI is InChI=1S/C9H10N4S/c1-6-8(12-9(13-10)14-6)7-3-2-4-11-5-7/h2-5H,10H2,1H3,(H,12,13). The van der Waals surface area contributed by atoms with Crippen LogP contribution in [0, 0.1) is 6.92 Å². The van der Waals surface area contributed by atoms with Gasteiger partial charge in [-0.05, 0) is 19.1 Å². The van der Waals surface area contributed by atoms with Crippen LogP contribution in [0.3, 0.4) is 0 Å². The van der Waals surface area contributed by atoms with Gasteiger partial charge in [-0.3, -0.25) is 10.4 Å². The van der Waals surface area contributed by atoms with Gasteiger partial charge in [0.2, 0.25) is 0 Å². The summed E-state index contributed by atoms with van der Waals surface area (Å²) in [4.78, 5) is 9.52. The highest BCUT2D eigenvalue weighted by Gasteiger charge is 2.08. The van der Waals surface area contributed by atoms with Crippen LogP contribution in [0.1, 0.15) is 4.88 Å². The van der Waals surface area contributed by atoms with E-state index in [0.717, 1.165) is 21.3 Å². The van der Waals surface area contributed by atoms with Crippen molar-refractivity contribution in [3.63, 3.8) is 0 Å². The summed E-state index contributed by atoms with van der Waals surface area (Å²) in [6.45, 7) is 2.01. The largest absolute Gasteiger partial charge is 0.300 e. The monoisotopic (exact) mass is 206 g/mol. The SMILES string of the molecule is Cc1sc(NN)nc1-c1cccnc1. The van der Waals surface area contributed by atoms with Crippen LogP contribution in [0.15, 0.2) is 24.5 Å². The Morgan fingerprint density at radius 3 is 2.93 bits per heavy atom. The molecule has 2 rings (SSSR count). The van der Waals surface area contributed by atoms with Gasteiger partial charge < -0.3 is 0 Å². The van der Waals surface area contributed by atoms with Crippen molar-refractivity contribution in [1.82, 2.24) is 9.97 Å². The number of anilines is 1. The molecule has 72 valence electrons. The molecule has 0 aliphatic rings. The van der Waals surface area contributed by atoms with E-state index in [2.05, 4.69) is 15.4 Å². The predicted octanol–water partition coefficient (Wildman–Crippen LogP) is 1.80. The molecule has 0 atom stereocenters. The summed E-state index contributed by atoms with van der Waals surface area (Å²) in [5, 5.41) is 0.723. The van der Waals surface area contributed by atoms with Crippen LogP contribution < -0.4 is 11.3 Å². The smallest absolute Gasteiger partial charge is 0.197 e. The van der Waals surface area contributed by atoms with Gasteiger partial charge in [0, 0.05) is 22.8 Å². The van der Waals surface area contributed by atoms with Gasteiger partial charge in [-0.25, -0.2) is 10.8 Å². The fourth-order valence-corrected chi connectivity index (χ4v) is 1.97. The summed E-state index contributed by atoms with van der Waals surface area (Å²) < 4.78 is 0. The molecule has 2 aromatic heterocycles. The minimum absolute atomic E-state index is 0.723. The Morgan fingerprint density at radius 2 is 2.36 bits per heavy atom. The van der Waals surface area contributed by atoms with Crippen molar-refractivity contribution >= 4 is 16.5 Å². The highest BCUT2D eigenvalue weighted by atomic mass is 32.1. The van der Waals surface area contributed by atoms with Crippen molar-refractivity contribution < 1.29 is 0 Å². The molecule has 2 aromatic rings. The second-order valence-corrected chi connectivity index (χ2v) is 4.01. The molecule has 0 spiro atoms. The Hall–Kier alpha value is -1.46. The molecule has 5 heteroatoms. The van der Waals surface area contributed by atoms with E-state index in [-0.39, 0.29) is 0 Å². The van der Waals surface area contributed by atoms with Crippen LogP contribution in [0.25, 0.3) is 11.3 Å². The minimum atomic E-state index is 0.723. The number of pyridine rings is 1. The number of thiazole rings is 1. The number of nitrogens with zero attached hydrogens (tertiary/aromatic N) is 2. The molecule has 0 aliphatic carbocycles. The summed E-state index contributed by atoms with van der Waals surface area (Å²) in [5.74, 6) is 5.29. The van der Waals surface area contributed by atoms with Gasteiger partial charge in [-0.1, -0.05) is 0 Å². The van der Waals surface area contributed by atoms with Crippen LogP contribution in [0.2, 0.25) is 0 Å². The third-order valence-electron chi connectivity index (χ3n) is 1.86. The Morgan fingerprint density at radius 1 is 1.50 bits per heavy atom. The maximum atomic E-state index is 5.29. The molecule has 0 radical (unpaired) electrons. The number of hydrazine groups is 1. The summed E-state index contributed by atoms with van der Waals surface area (Å²) in [5.41, 5.74) is 4.50. The molecular formula is C9H10N4S. The fraction of sp³-hybridized carbons (Fsp3) is 0.111. The average molecular weight is 206 g/mol. The second kappa shape index (κ2) is 3.73. The first-order valence-electron chi connectivity index (χ1n) is 4.15. The molecule has 3 N–H and O–H groups in total. The Bertz CT molecular complexity index is 424. The summed E-state index contributed by atoms with van der Waals surface area (Å²) in [6, 6.07) is 3.87. The molecule has 0 aliphatic heterocycles. The molecule has 4 nitrogen and oxygen atoms in total. The van der Waals surface area contributed by atoms with E-state index in [9.17, 15) is 0 Å². The van der Waals surface area contributed by atoms with Crippen molar-refractivity contribution in [3.05, 3.63) is 29.4 Å². The number of aromatic nitrogens is 2. The number of hydrogen-bond donors (Lipinski definition) is 2. The molecule has 0 aromatic carbocycles. The third-order valence-corrected chi connectivity index (χ3v) is 2.76. The van der Waals surface area contributed by atoms with E-state index >= 15 is 0 Å². The first kappa shape index (κ1) is 9.11. The molecule has 2 heterocycles. The highest BCUT2D eigenvalue weighted by Crippen LogP contribution is 2.28. The zero-order chi connectivity index (χ0) is 9.97. The molecular weight excluding hydrogens is 196 g/mol. The van der Waals surface area contributed by atoms with E-state index in [4.69, 9.17) is 5.84 Å². The van der Waals surface area contributed by atoms with Gasteiger partial charge in [0.15, 0.2) is 5.13 Å². The van der Waals surface area contributed by atoms with Crippen LogP contribution in [-0.2, 0) is 0 Å². The van der Waals surface area contributed by atoms with Crippen molar-refractivity contribution in [2.24, 2.45) is 5.84 Å². The van der Waals surface area contributed by atoms with E-state index in [1.165, 1.54) is 11.3 Å². The first-order chi connectivity index (χ1) is 6.81. The first-order valence-corrected chi connectivity index (χ1v) is 4.97. The molecule has 0 amide bonds. The Labute approximate surface area is 85.8 Å². The van der Waals surface area contributed by atoms with Crippen LogP contribution in [0.5, 0.6) is 0 Å². The molecule has 14 heavy (non-hydrogen) atoms. The minimum Gasteiger partial charge on any atom is -0.300 e. The summed E-state index contributed by atoms with van der Waals surface area (Å²) >= 11 is 1.53. The molecule has 0 unspecified atom stereocenters. The van der Waals surface area contributed by atoms with Gasteiger partial charge in [0.1, 0.15) is 0 Å². The summed E-state index contributed by atoms with van der Waals surface area (Å²) in [6.07, 6.45) is 3.54. The second-order valence-electron chi connectivity index (χ2n) is 2.81. The van der Waals surface area contributed by atoms with Gasteiger partial charge in [-0.2, -0.15) is 0 Å². The molecule has 0 saturated heterocycles. The van der Waals surface area contributed by atoms with Crippen molar-refractivity contribution in [2.45, 2.75) is 6.92 Å². The topological polar surface area (TPSA) is 63.8 Å². The van der Waals surface area contributed by atoms with Crippen molar-refractivity contribution in [3.8, 4) is 11.3 Å². The van der Waals surface area contributed by atoms with Gasteiger partial charge >= 0.3 is 0 Å². The number of hydrogen-bond acceptors (Lipinski definition) is 5. The predicted molar refractivity (Wildman–Crippen MR) is 57.9 cm³/mol. The van der Waals surface area contributed by atoms with Crippen LogP contribution in [-0.4, -0.2) is 9.97 Å². The lowest BCUT2D eigenvalue weighted by Crippen LogP contribution is -2.05. The fourth-order valence-electron chi connectivity index (χ4n) is 1.23. The Balaban J connectivity index is 2.46. The molecule has 0 saturated carbocycles. The zero-order valence-corrected chi connectivity index (χ0v) is 8.51. The average Bonchev–Trinajstić information content (AvgIpc) is 2.61. The number of nitrogens with one attached hydrogen (secondary N) is 1. The third kappa shape index (κ3) is 1.59. The molecule has 0 bridgehead atoms. The van der Waals surface area contributed by atoms with E-state index in [0.29, 0.717) is 0 Å². The van der Waals surface area contributed by atoms with Gasteiger partial charge in [0.05, 0.1) is 5.69 Å². The van der Waals surface area contributed by atoms with Crippen LogP contribution in [0.4, 0.5) is 5.13 Å². The van der Waals surface area contributed by atoms with Crippen molar-refractivity contribution in [1.29, 1.82) is 0 Å². The Kier molecular flexibility index (Phi) is 2.43. The normalized spacial score (nSPS) is 10.1. The lowest BCUT2D eigenvalue weighted by atomic mass is 10.2. The maximum absolute atomic E-state index is 5.29.